The van der Waals surface area contributed by atoms with Crippen molar-refractivity contribution in [3.05, 3.63) is 12.7 Å². The average molecular weight is 197 g/mol. The fraction of sp³-hybridized carbons (Fsp3) is 0.833. The molecule has 1 fully saturated rings. The molecule has 1 aliphatic carbocycles. The summed E-state index contributed by atoms with van der Waals surface area (Å²) in [6, 6.07) is 0.419. The van der Waals surface area contributed by atoms with Crippen molar-refractivity contribution in [3.63, 3.8) is 0 Å². The fourth-order valence-corrected chi connectivity index (χ4v) is 3.69. The van der Waals surface area contributed by atoms with E-state index in [9.17, 15) is 5.11 Å². The van der Waals surface area contributed by atoms with Crippen LogP contribution in [-0.2, 0) is 0 Å². The monoisotopic (exact) mass is 197 g/mol. The number of allylic oxidation sites excluding steroid dienone is 1. The maximum atomic E-state index is 10.2. The molecule has 2 heteroatoms. The van der Waals surface area contributed by atoms with Crippen LogP contribution < -0.4 is 0 Å². The number of aliphatic hydroxyl groups is 1. The summed E-state index contributed by atoms with van der Waals surface area (Å²) >= 11 is 0. The molecule has 0 aromatic rings. The summed E-state index contributed by atoms with van der Waals surface area (Å²) in [5.41, 5.74) is -0.0456. The molecule has 3 atom stereocenters. The Balaban J connectivity index is 2.93. The Bertz CT molecular complexity index is 234. The number of rotatable bonds is 3. The van der Waals surface area contributed by atoms with Crippen LogP contribution in [0.3, 0.4) is 0 Å². The highest BCUT2D eigenvalue weighted by Gasteiger charge is 2.63. The molecule has 0 aromatic heterocycles. The number of aliphatic hydroxyl groups excluding tert-OH is 1. The van der Waals surface area contributed by atoms with Crippen LogP contribution in [0.1, 0.15) is 27.2 Å². The van der Waals surface area contributed by atoms with Gasteiger partial charge in [0.15, 0.2) is 0 Å². The van der Waals surface area contributed by atoms with E-state index in [4.69, 9.17) is 0 Å². The number of hydrogen-bond acceptors (Lipinski definition) is 2. The summed E-state index contributed by atoms with van der Waals surface area (Å²) in [6.45, 7) is 10.2. The molecule has 0 aliphatic heterocycles. The van der Waals surface area contributed by atoms with Crippen molar-refractivity contribution in [2.75, 3.05) is 14.1 Å². The maximum absolute atomic E-state index is 10.2. The molecular weight excluding hydrogens is 174 g/mol. The van der Waals surface area contributed by atoms with Crippen molar-refractivity contribution in [1.29, 1.82) is 0 Å². The Morgan fingerprint density at radius 2 is 1.86 bits per heavy atom. The van der Waals surface area contributed by atoms with Crippen LogP contribution in [0.15, 0.2) is 12.7 Å². The van der Waals surface area contributed by atoms with Crippen molar-refractivity contribution in [1.82, 2.24) is 4.90 Å². The molecule has 3 unspecified atom stereocenters. The van der Waals surface area contributed by atoms with Gasteiger partial charge >= 0.3 is 0 Å². The molecule has 0 heterocycles. The van der Waals surface area contributed by atoms with Crippen LogP contribution in [0.25, 0.3) is 0 Å². The summed E-state index contributed by atoms with van der Waals surface area (Å²) < 4.78 is 0. The molecule has 82 valence electrons. The van der Waals surface area contributed by atoms with Gasteiger partial charge in [0.25, 0.3) is 0 Å². The van der Waals surface area contributed by atoms with Crippen molar-refractivity contribution < 1.29 is 5.11 Å². The molecule has 0 aromatic carbocycles. The summed E-state index contributed by atoms with van der Waals surface area (Å²) in [6.07, 6.45) is 2.55. The molecule has 0 radical (unpaired) electrons. The van der Waals surface area contributed by atoms with Gasteiger partial charge in [-0.3, -0.25) is 0 Å². The molecule has 0 amide bonds. The lowest BCUT2D eigenvalue weighted by Crippen LogP contribution is -2.72. The van der Waals surface area contributed by atoms with E-state index >= 15 is 0 Å². The molecule has 2 nitrogen and oxygen atoms in total. The second kappa shape index (κ2) is 3.35. The molecular formula is C12H23NO. The third-order valence-corrected chi connectivity index (χ3v) is 3.76. The molecule has 1 saturated carbocycles. The molecule has 14 heavy (non-hydrogen) atoms. The van der Waals surface area contributed by atoms with Crippen molar-refractivity contribution >= 4 is 0 Å². The van der Waals surface area contributed by atoms with Gasteiger partial charge in [-0.1, -0.05) is 26.8 Å². The molecule has 1 rings (SSSR count). The zero-order valence-electron chi connectivity index (χ0n) is 10.0. The summed E-state index contributed by atoms with van der Waals surface area (Å²) in [7, 11) is 4.17. The molecule has 1 N–H and O–H groups in total. The van der Waals surface area contributed by atoms with Crippen LogP contribution in [0.4, 0.5) is 0 Å². The normalized spacial score (nSPS) is 40.8. The third kappa shape index (κ3) is 1.32. The molecule has 1 aliphatic rings. The maximum Gasteiger partial charge on any atom is 0.0677 e. The van der Waals surface area contributed by atoms with Gasteiger partial charge in [-0.15, -0.1) is 6.58 Å². The summed E-state index contributed by atoms with van der Waals surface area (Å²) in [5.74, 6) is 0. The third-order valence-electron chi connectivity index (χ3n) is 3.76. The average Bonchev–Trinajstić information content (AvgIpc) is 2.02. The van der Waals surface area contributed by atoms with Gasteiger partial charge in [-0.2, -0.15) is 0 Å². The van der Waals surface area contributed by atoms with Gasteiger partial charge in [0.1, 0.15) is 0 Å². The highest BCUT2D eigenvalue weighted by molar-refractivity contribution is 5.17. The highest BCUT2D eigenvalue weighted by atomic mass is 16.3. The van der Waals surface area contributed by atoms with E-state index in [-0.39, 0.29) is 16.9 Å². The largest absolute Gasteiger partial charge is 0.392 e. The second-order valence-corrected chi connectivity index (χ2v) is 5.59. The van der Waals surface area contributed by atoms with Crippen LogP contribution in [0, 0.1) is 10.8 Å². The van der Waals surface area contributed by atoms with Crippen molar-refractivity contribution in [2.24, 2.45) is 10.8 Å². The van der Waals surface area contributed by atoms with E-state index in [2.05, 4.69) is 46.3 Å². The molecule has 0 saturated heterocycles. The van der Waals surface area contributed by atoms with E-state index in [0.717, 1.165) is 6.42 Å². The fourth-order valence-electron chi connectivity index (χ4n) is 3.69. The first-order valence-electron chi connectivity index (χ1n) is 5.24. The van der Waals surface area contributed by atoms with Crippen molar-refractivity contribution in [2.45, 2.75) is 39.3 Å². The predicted octanol–water partition coefficient (Wildman–Crippen LogP) is 1.90. The van der Waals surface area contributed by atoms with Gasteiger partial charge in [0.2, 0.25) is 0 Å². The minimum Gasteiger partial charge on any atom is -0.392 e. The predicted molar refractivity (Wildman–Crippen MR) is 60.2 cm³/mol. The topological polar surface area (TPSA) is 23.5 Å². The minimum absolute atomic E-state index is 0.0126. The Hall–Kier alpha value is -0.340. The SMILES string of the molecule is C=CCC1(C)C(O)C(C)(C)C1N(C)C. The van der Waals surface area contributed by atoms with E-state index in [1.165, 1.54) is 0 Å². The Kier molecular flexibility index (Phi) is 2.81. The second-order valence-electron chi connectivity index (χ2n) is 5.59. The van der Waals surface area contributed by atoms with Crippen LogP contribution in [0.5, 0.6) is 0 Å². The van der Waals surface area contributed by atoms with Gasteiger partial charge in [-0.05, 0) is 20.5 Å². The summed E-state index contributed by atoms with van der Waals surface area (Å²) in [4.78, 5) is 2.22. The first kappa shape index (κ1) is 11.7. The zero-order chi connectivity index (χ0) is 11.1. The van der Waals surface area contributed by atoms with Crippen LogP contribution >= 0.6 is 0 Å². The first-order chi connectivity index (χ1) is 6.28. The van der Waals surface area contributed by atoms with E-state index < -0.39 is 0 Å². The zero-order valence-corrected chi connectivity index (χ0v) is 10.0. The van der Waals surface area contributed by atoms with Gasteiger partial charge in [-0.25, -0.2) is 0 Å². The number of hydrogen-bond donors (Lipinski definition) is 1. The summed E-state index contributed by atoms with van der Waals surface area (Å²) in [5, 5.41) is 10.2. The van der Waals surface area contributed by atoms with E-state index in [1.54, 1.807) is 0 Å². The molecule has 0 bridgehead atoms. The van der Waals surface area contributed by atoms with E-state index in [0.29, 0.717) is 6.04 Å². The number of nitrogens with zero attached hydrogens (tertiary/aromatic N) is 1. The van der Waals surface area contributed by atoms with Crippen molar-refractivity contribution in [3.8, 4) is 0 Å². The Morgan fingerprint density at radius 3 is 2.21 bits per heavy atom. The Labute approximate surface area is 87.6 Å². The van der Waals surface area contributed by atoms with Gasteiger partial charge < -0.3 is 10.0 Å². The lowest BCUT2D eigenvalue weighted by Gasteiger charge is -2.65. The lowest BCUT2D eigenvalue weighted by atomic mass is 9.47. The highest BCUT2D eigenvalue weighted by Crippen LogP contribution is 2.57. The lowest BCUT2D eigenvalue weighted by molar-refractivity contribution is -0.220. The standard InChI is InChI=1S/C12H23NO/c1-7-8-12(4)9(13(5)6)11(2,3)10(12)14/h7,9-10,14H,1,8H2,2-6H3. The minimum atomic E-state index is -0.236. The van der Waals surface area contributed by atoms with Crippen LogP contribution in [-0.4, -0.2) is 36.2 Å². The van der Waals surface area contributed by atoms with Crippen LogP contribution in [0.2, 0.25) is 0 Å². The smallest absolute Gasteiger partial charge is 0.0677 e. The van der Waals surface area contributed by atoms with Gasteiger partial charge in [0, 0.05) is 16.9 Å². The quantitative estimate of drug-likeness (QED) is 0.699. The molecule has 0 spiro atoms. The van der Waals surface area contributed by atoms with Gasteiger partial charge in [0.05, 0.1) is 6.10 Å². The van der Waals surface area contributed by atoms with E-state index in [1.807, 2.05) is 6.08 Å². The Morgan fingerprint density at radius 1 is 1.36 bits per heavy atom. The first-order valence-corrected chi connectivity index (χ1v) is 5.24.